The van der Waals surface area contributed by atoms with Crippen molar-refractivity contribution in [2.75, 3.05) is 12.3 Å². The van der Waals surface area contributed by atoms with Crippen LogP contribution in [0.3, 0.4) is 0 Å². The number of hydrogen-bond donors (Lipinski definition) is 2. The number of nitrogens with two attached hydrogens (primary N) is 1. The van der Waals surface area contributed by atoms with Gasteiger partial charge in [-0.25, -0.2) is 0 Å². The van der Waals surface area contributed by atoms with Crippen LogP contribution in [0, 0.1) is 0 Å². The van der Waals surface area contributed by atoms with Gasteiger partial charge in [0.05, 0.1) is 6.04 Å². The summed E-state index contributed by atoms with van der Waals surface area (Å²) in [6.07, 6.45) is 6.81. The van der Waals surface area contributed by atoms with Gasteiger partial charge in [-0.2, -0.15) is 0 Å². The van der Waals surface area contributed by atoms with Crippen LogP contribution in [0.4, 0.5) is 5.69 Å². The first-order chi connectivity index (χ1) is 8.75. The molecule has 3 N–H and O–H groups in total. The van der Waals surface area contributed by atoms with E-state index < -0.39 is 0 Å². The van der Waals surface area contributed by atoms with Crippen LogP contribution in [0.2, 0.25) is 0 Å². The fourth-order valence-corrected chi connectivity index (χ4v) is 2.42. The Morgan fingerprint density at radius 2 is 1.95 bits per heavy atom. The van der Waals surface area contributed by atoms with E-state index in [1.54, 1.807) is 24.3 Å². The van der Waals surface area contributed by atoms with Crippen molar-refractivity contribution in [3.05, 3.63) is 53.9 Å². The fraction of sp³-hybridized carbons (Fsp3) is 0.214. The highest BCUT2D eigenvalue weighted by Gasteiger charge is 2.32. The SMILES string of the molecule is Cl.Cl.Nc1ccc(C(=O)N2CCC3NC=CC=C32)cc1. The molecule has 0 aromatic heterocycles. The maximum Gasteiger partial charge on any atom is 0.258 e. The summed E-state index contributed by atoms with van der Waals surface area (Å²) in [5, 5.41) is 3.26. The minimum absolute atomic E-state index is 0. The predicted octanol–water partition coefficient (Wildman–Crippen LogP) is 2.33. The third-order valence-electron chi connectivity index (χ3n) is 3.37. The average Bonchev–Trinajstić information content (AvgIpc) is 2.82. The molecule has 1 saturated heterocycles. The lowest BCUT2D eigenvalue weighted by atomic mass is 10.1. The van der Waals surface area contributed by atoms with E-state index >= 15 is 0 Å². The number of nitrogen functional groups attached to an aromatic ring is 1. The summed E-state index contributed by atoms with van der Waals surface area (Å²) >= 11 is 0. The first-order valence-electron chi connectivity index (χ1n) is 6.06. The Morgan fingerprint density at radius 1 is 1.25 bits per heavy atom. The number of rotatable bonds is 1. The van der Waals surface area contributed by atoms with E-state index in [0.717, 1.165) is 18.7 Å². The molecular weight excluding hydrogens is 297 g/mol. The van der Waals surface area contributed by atoms with Crippen molar-refractivity contribution in [3.8, 4) is 0 Å². The molecule has 0 spiro atoms. The molecule has 108 valence electrons. The van der Waals surface area contributed by atoms with Crippen LogP contribution in [-0.4, -0.2) is 23.4 Å². The molecule has 4 nitrogen and oxygen atoms in total. The molecule has 6 heteroatoms. The number of benzene rings is 1. The molecule has 0 aliphatic carbocycles. The molecule has 1 unspecified atom stereocenters. The summed E-state index contributed by atoms with van der Waals surface area (Å²) in [7, 11) is 0. The second kappa shape index (κ2) is 6.68. The lowest BCUT2D eigenvalue weighted by molar-refractivity contribution is 0.0824. The van der Waals surface area contributed by atoms with Gasteiger partial charge in [-0.1, -0.05) is 0 Å². The average molecular weight is 314 g/mol. The van der Waals surface area contributed by atoms with Crippen LogP contribution < -0.4 is 11.1 Å². The van der Waals surface area contributed by atoms with Crippen molar-refractivity contribution in [2.45, 2.75) is 12.5 Å². The highest BCUT2D eigenvalue weighted by atomic mass is 35.5. The van der Waals surface area contributed by atoms with Gasteiger partial charge in [-0.3, -0.25) is 4.79 Å². The minimum atomic E-state index is 0. The number of dihydropyridines is 1. The lowest BCUT2D eigenvalue weighted by Crippen LogP contribution is -2.32. The van der Waals surface area contributed by atoms with Crippen molar-refractivity contribution in [1.29, 1.82) is 0 Å². The Bertz CT molecular complexity index is 540. The van der Waals surface area contributed by atoms with E-state index in [1.165, 1.54) is 0 Å². The van der Waals surface area contributed by atoms with Gasteiger partial charge in [0.2, 0.25) is 0 Å². The number of anilines is 1. The first kappa shape index (κ1) is 16.4. The summed E-state index contributed by atoms with van der Waals surface area (Å²) < 4.78 is 0. The number of fused-ring (bicyclic) bond motifs is 1. The number of nitrogens with zero attached hydrogens (tertiary/aromatic N) is 1. The van der Waals surface area contributed by atoms with Gasteiger partial charge in [0.15, 0.2) is 0 Å². The highest BCUT2D eigenvalue weighted by molar-refractivity contribution is 5.96. The monoisotopic (exact) mass is 313 g/mol. The highest BCUT2D eigenvalue weighted by Crippen LogP contribution is 2.26. The molecule has 1 aromatic carbocycles. The Kier molecular flexibility index (Phi) is 5.48. The van der Waals surface area contributed by atoms with Crippen LogP contribution in [0.1, 0.15) is 16.8 Å². The van der Waals surface area contributed by atoms with Gasteiger partial charge in [-0.05, 0) is 49.0 Å². The standard InChI is InChI=1S/C14H15N3O.2ClH/c15-11-5-3-10(4-6-11)14(18)17-9-7-12-13(17)2-1-8-16-12;;/h1-6,8,12,16H,7,9,15H2;2*1H. The van der Waals surface area contributed by atoms with Gasteiger partial charge in [0, 0.05) is 23.5 Å². The number of hydrogen-bond acceptors (Lipinski definition) is 3. The second-order valence-electron chi connectivity index (χ2n) is 4.54. The molecule has 1 aromatic rings. The summed E-state index contributed by atoms with van der Waals surface area (Å²) in [5.41, 5.74) is 8.04. The number of likely N-dealkylation sites (tertiary alicyclic amines) is 1. The summed E-state index contributed by atoms with van der Waals surface area (Å²) in [4.78, 5) is 14.2. The number of allylic oxidation sites excluding steroid dienone is 2. The molecule has 20 heavy (non-hydrogen) atoms. The van der Waals surface area contributed by atoms with Gasteiger partial charge in [0.1, 0.15) is 0 Å². The first-order valence-corrected chi connectivity index (χ1v) is 6.06. The van der Waals surface area contributed by atoms with Crippen molar-refractivity contribution < 1.29 is 4.79 Å². The van der Waals surface area contributed by atoms with E-state index in [1.807, 2.05) is 23.3 Å². The summed E-state index contributed by atoms with van der Waals surface area (Å²) in [6.45, 7) is 0.758. The molecule has 0 bridgehead atoms. The molecule has 3 rings (SSSR count). The number of nitrogens with one attached hydrogen (secondary N) is 1. The van der Waals surface area contributed by atoms with E-state index in [2.05, 4.69) is 5.32 Å². The fourth-order valence-electron chi connectivity index (χ4n) is 2.42. The summed E-state index contributed by atoms with van der Waals surface area (Å²) in [5.74, 6) is 0.0425. The number of carbonyl (C=O) groups is 1. The van der Waals surface area contributed by atoms with Gasteiger partial charge in [-0.15, -0.1) is 24.8 Å². The second-order valence-corrected chi connectivity index (χ2v) is 4.54. The van der Waals surface area contributed by atoms with Gasteiger partial charge in [0.25, 0.3) is 5.91 Å². The van der Waals surface area contributed by atoms with E-state index in [-0.39, 0.29) is 36.8 Å². The molecule has 0 saturated carbocycles. The quantitative estimate of drug-likeness (QED) is 0.782. The molecule has 2 aliphatic heterocycles. The zero-order valence-electron chi connectivity index (χ0n) is 10.8. The maximum atomic E-state index is 12.4. The molecule has 0 radical (unpaired) electrons. The largest absolute Gasteiger partial charge is 0.399 e. The number of amides is 1. The Balaban J connectivity index is 0.000001000. The van der Waals surface area contributed by atoms with Crippen LogP contribution in [0.5, 0.6) is 0 Å². The maximum absolute atomic E-state index is 12.4. The molecule has 2 heterocycles. The van der Waals surface area contributed by atoms with Gasteiger partial charge >= 0.3 is 0 Å². The molecular formula is C14H17Cl2N3O. The molecule has 2 aliphatic rings. The zero-order valence-corrected chi connectivity index (χ0v) is 12.4. The van der Waals surface area contributed by atoms with Crippen molar-refractivity contribution in [2.24, 2.45) is 0 Å². The predicted molar refractivity (Wildman–Crippen MR) is 85.2 cm³/mol. The Hall–Kier alpha value is -1.65. The topological polar surface area (TPSA) is 58.4 Å². The Labute approximate surface area is 130 Å². The van der Waals surface area contributed by atoms with E-state index in [9.17, 15) is 4.79 Å². The number of halogens is 2. The van der Waals surface area contributed by atoms with Crippen LogP contribution in [0.25, 0.3) is 0 Å². The molecule has 1 amide bonds. The number of carbonyl (C=O) groups excluding carboxylic acids is 1. The van der Waals surface area contributed by atoms with E-state index in [0.29, 0.717) is 11.3 Å². The van der Waals surface area contributed by atoms with Crippen molar-refractivity contribution in [3.63, 3.8) is 0 Å². The van der Waals surface area contributed by atoms with Crippen LogP contribution in [0.15, 0.2) is 48.3 Å². The third kappa shape index (κ3) is 2.92. The van der Waals surface area contributed by atoms with Crippen LogP contribution >= 0.6 is 24.8 Å². The van der Waals surface area contributed by atoms with Crippen LogP contribution in [-0.2, 0) is 0 Å². The van der Waals surface area contributed by atoms with E-state index in [4.69, 9.17) is 5.73 Å². The van der Waals surface area contributed by atoms with Gasteiger partial charge < -0.3 is 16.0 Å². The zero-order chi connectivity index (χ0) is 12.5. The Morgan fingerprint density at radius 3 is 2.65 bits per heavy atom. The third-order valence-corrected chi connectivity index (χ3v) is 3.37. The normalized spacial score (nSPS) is 19.1. The minimum Gasteiger partial charge on any atom is -0.399 e. The van der Waals surface area contributed by atoms with Crippen molar-refractivity contribution >= 4 is 36.4 Å². The molecule has 1 atom stereocenters. The van der Waals surface area contributed by atoms with Crippen molar-refractivity contribution in [1.82, 2.24) is 10.2 Å². The smallest absolute Gasteiger partial charge is 0.258 e. The lowest BCUT2D eigenvalue weighted by Gasteiger charge is -2.22. The summed E-state index contributed by atoms with van der Waals surface area (Å²) in [6, 6.07) is 7.34. The molecule has 1 fully saturated rings.